The molecule has 0 aliphatic heterocycles. The molecule has 0 bridgehead atoms. The van der Waals surface area contributed by atoms with Gasteiger partial charge in [0.1, 0.15) is 11.5 Å². The molecule has 0 heterocycles. The fourth-order valence-electron chi connectivity index (χ4n) is 1.38. The average Bonchev–Trinajstić information content (AvgIpc) is 2.33. The molecule has 0 unspecified atom stereocenters. The monoisotopic (exact) mass is 280 g/mol. The topological polar surface area (TPSA) is 40.5 Å². The SMILES string of the molecule is CBr.Oc1ccc(-c2ccccc2)c(O)c1. The van der Waals surface area contributed by atoms with Gasteiger partial charge >= 0.3 is 0 Å². The number of alkyl halides is 1. The molecule has 0 saturated heterocycles. The van der Waals surface area contributed by atoms with Crippen molar-refractivity contribution in [2.75, 3.05) is 5.83 Å². The van der Waals surface area contributed by atoms with Gasteiger partial charge in [0.25, 0.3) is 0 Å². The van der Waals surface area contributed by atoms with Gasteiger partial charge in [-0.25, -0.2) is 0 Å². The van der Waals surface area contributed by atoms with Gasteiger partial charge in [-0.3, -0.25) is 0 Å². The van der Waals surface area contributed by atoms with Crippen molar-refractivity contribution in [3.05, 3.63) is 48.5 Å². The van der Waals surface area contributed by atoms with Gasteiger partial charge in [0.05, 0.1) is 0 Å². The minimum absolute atomic E-state index is 0.0715. The summed E-state index contributed by atoms with van der Waals surface area (Å²) in [4.78, 5) is 0. The van der Waals surface area contributed by atoms with Crippen molar-refractivity contribution < 1.29 is 10.2 Å². The van der Waals surface area contributed by atoms with Gasteiger partial charge in [-0.1, -0.05) is 46.3 Å². The highest BCUT2D eigenvalue weighted by atomic mass is 79.9. The van der Waals surface area contributed by atoms with Crippen LogP contribution in [-0.4, -0.2) is 16.0 Å². The van der Waals surface area contributed by atoms with Crippen LogP contribution in [0.4, 0.5) is 0 Å². The molecule has 0 aliphatic rings. The summed E-state index contributed by atoms with van der Waals surface area (Å²) in [7, 11) is 0. The molecule has 3 heteroatoms. The number of hydrogen-bond acceptors (Lipinski definition) is 2. The Hall–Kier alpha value is -1.48. The molecule has 0 spiro atoms. The Morgan fingerprint density at radius 3 is 2.06 bits per heavy atom. The largest absolute Gasteiger partial charge is 0.508 e. The van der Waals surface area contributed by atoms with E-state index in [2.05, 4.69) is 15.9 Å². The van der Waals surface area contributed by atoms with Crippen LogP contribution in [0.5, 0.6) is 11.5 Å². The van der Waals surface area contributed by atoms with E-state index in [1.54, 1.807) is 12.1 Å². The number of hydrogen-bond donors (Lipinski definition) is 2. The summed E-state index contributed by atoms with van der Waals surface area (Å²) in [6, 6.07) is 14.1. The van der Waals surface area contributed by atoms with Crippen LogP contribution in [0, 0.1) is 0 Å². The second-order valence-electron chi connectivity index (χ2n) is 3.07. The van der Waals surface area contributed by atoms with Crippen LogP contribution >= 0.6 is 15.9 Å². The van der Waals surface area contributed by atoms with E-state index in [-0.39, 0.29) is 11.5 Å². The normalized spacial score (nSPS) is 9.12. The van der Waals surface area contributed by atoms with Crippen molar-refractivity contribution in [1.29, 1.82) is 0 Å². The van der Waals surface area contributed by atoms with Gasteiger partial charge in [0, 0.05) is 11.6 Å². The molecule has 16 heavy (non-hydrogen) atoms. The van der Waals surface area contributed by atoms with Crippen molar-refractivity contribution in [2.24, 2.45) is 0 Å². The summed E-state index contributed by atoms with van der Waals surface area (Å²) in [5.74, 6) is 1.98. The minimum Gasteiger partial charge on any atom is -0.508 e. The van der Waals surface area contributed by atoms with E-state index in [1.807, 2.05) is 36.2 Å². The molecule has 2 nitrogen and oxygen atoms in total. The van der Waals surface area contributed by atoms with Crippen LogP contribution in [-0.2, 0) is 0 Å². The Morgan fingerprint density at radius 2 is 1.50 bits per heavy atom. The summed E-state index contributed by atoms with van der Waals surface area (Å²) in [5, 5.41) is 18.7. The number of phenolic OH excluding ortho intramolecular Hbond substituents is 2. The fourth-order valence-corrected chi connectivity index (χ4v) is 1.38. The van der Waals surface area contributed by atoms with Crippen LogP contribution in [0.25, 0.3) is 11.1 Å². The summed E-state index contributed by atoms with van der Waals surface area (Å²) in [5.41, 5.74) is 1.66. The Morgan fingerprint density at radius 1 is 0.875 bits per heavy atom. The summed E-state index contributed by atoms with van der Waals surface area (Å²) >= 11 is 2.94. The third-order valence-electron chi connectivity index (χ3n) is 2.07. The molecule has 2 N–H and O–H groups in total. The molecule has 0 saturated carbocycles. The van der Waals surface area contributed by atoms with Crippen molar-refractivity contribution in [3.63, 3.8) is 0 Å². The van der Waals surface area contributed by atoms with Crippen LogP contribution in [0.1, 0.15) is 0 Å². The highest BCUT2D eigenvalue weighted by molar-refractivity contribution is 9.08. The molecule has 84 valence electrons. The lowest BCUT2D eigenvalue weighted by atomic mass is 10.0. The van der Waals surface area contributed by atoms with E-state index >= 15 is 0 Å². The third-order valence-corrected chi connectivity index (χ3v) is 2.07. The molecular formula is C13H13BrO2. The lowest BCUT2D eigenvalue weighted by Crippen LogP contribution is -1.77. The smallest absolute Gasteiger partial charge is 0.127 e. The van der Waals surface area contributed by atoms with E-state index in [9.17, 15) is 5.11 Å². The van der Waals surface area contributed by atoms with Crippen LogP contribution in [0.2, 0.25) is 0 Å². The van der Waals surface area contributed by atoms with E-state index in [1.165, 1.54) is 6.07 Å². The quantitative estimate of drug-likeness (QED) is 0.781. The molecule has 2 aromatic rings. The Labute approximate surface area is 103 Å². The van der Waals surface area contributed by atoms with Gasteiger partial charge in [-0.15, -0.1) is 0 Å². The van der Waals surface area contributed by atoms with E-state index < -0.39 is 0 Å². The lowest BCUT2D eigenvalue weighted by Gasteiger charge is -2.04. The number of phenols is 2. The molecule has 0 aliphatic carbocycles. The number of halogens is 1. The van der Waals surface area contributed by atoms with E-state index in [4.69, 9.17) is 5.11 Å². The van der Waals surface area contributed by atoms with Crippen molar-refractivity contribution in [3.8, 4) is 22.6 Å². The van der Waals surface area contributed by atoms with Crippen molar-refractivity contribution in [2.45, 2.75) is 0 Å². The standard InChI is InChI=1S/C12H10O2.CH3Br/c13-10-6-7-11(12(14)8-10)9-4-2-1-3-5-9;1-2/h1-8,13-14H;1H3. The minimum atomic E-state index is 0.0715. The molecule has 2 rings (SSSR count). The van der Waals surface area contributed by atoms with Crippen molar-refractivity contribution >= 4 is 15.9 Å². The maximum Gasteiger partial charge on any atom is 0.127 e. The van der Waals surface area contributed by atoms with E-state index in [0.717, 1.165) is 11.1 Å². The first-order valence-electron chi connectivity index (χ1n) is 4.72. The predicted octanol–water partition coefficient (Wildman–Crippen LogP) is 3.78. The van der Waals surface area contributed by atoms with Gasteiger partial charge in [0.2, 0.25) is 0 Å². The second kappa shape index (κ2) is 6.18. The first-order valence-corrected chi connectivity index (χ1v) is 6.31. The first kappa shape index (κ1) is 12.6. The number of rotatable bonds is 1. The number of benzene rings is 2. The highest BCUT2D eigenvalue weighted by Crippen LogP contribution is 2.31. The Bertz CT molecular complexity index is 441. The Kier molecular flexibility index (Phi) is 4.86. The molecule has 2 aromatic carbocycles. The Balaban J connectivity index is 0.000000606. The van der Waals surface area contributed by atoms with Gasteiger partial charge in [0.15, 0.2) is 0 Å². The molecule has 0 aromatic heterocycles. The predicted molar refractivity (Wildman–Crippen MR) is 70.1 cm³/mol. The summed E-state index contributed by atoms with van der Waals surface area (Å²) in [6.45, 7) is 0. The van der Waals surface area contributed by atoms with Crippen LogP contribution in [0.15, 0.2) is 48.5 Å². The first-order chi connectivity index (χ1) is 7.77. The van der Waals surface area contributed by atoms with E-state index in [0.29, 0.717) is 0 Å². The second-order valence-corrected chi connectivity index (χ2v) is 3.07. The molecule has 0 fully saturated rings. The zero-order valence-electron chi connectivity index (χ0n) is 8.89. The summed E-state index contributed by atoms with van der Waals surface area (Å²) in [6.07, 6.45) is 0. The number of aromatic hydroxyl groups is 2. The lowest BCUT2D eigenvalue weighted by molar-refractivity contribution is 0.452. The van der Waals surface area contributed by atoms with Crippen LogP contribution < -0.4 is 0 Å². The highest BCUT2D eigenvalue weighted by Gasteiger charge is 2.03. The molecule has 0 radical (unpaired) electrons. The maximum absolute atomic E-state index is 9.58. The fraction of sp³-hybridized carbons (Fsp3) is 0.0769. The van der Waals surface area contributed by atoms with Crippen molar-refractivity contribution in [1.82, 2.24) is 0 Å². The molecule has 0 atom stereocenters. The summed E-state index contributed by atoms with van der Waals surface area (Å²) < 4.78 is 0. The molecular weight excluding hydrogens is 268 g/mol. The maximum atomic E-state index is 9.58. The van der Waals surface area contributed by atoms with Crippen LogP contribution in [0.3, 0.4) is 0 Å². The van der Waals surface area contributed by atoms with Gasteiger partial charge in [-0.05, 0) is 23.5 Å². The zero-order chi connectivity index (χ0) is 12.0. The van der Waals surface area contributed by atoms with Gasteiger partial charge in [-0.2, -0.15) is 0 Å². The average molecular weight is 281 g/mol. The molecule has 0 amide bonds. The zero-order valence-corrected chi connectivity index (χ0v) is 10.5. The van der Waals surface area contributed by atoms with Gasteiger partial charge < -0.3 is 10.2 Å². The third kappa shape index (κ3) is 3.00.